The van der Waals surface area contributed by atoms with Gasteiger partial charge in [-0.25, -0.2) is 4.79 Å². The molecule has 0 aliphatic rings. The van der Waals surface area contributed by atoms with E-state index in [4.69, 9.17) is 0 Å². The molecule has 4 heteroatoms. The van der Waals surface area contributed by atoms with E-state index in [0.717, 1.165) is 26.9 Å². The predicted octanol–water partition coefficient (Wildman–Crippen LogP) is 5.44. The molecule has 0 saturated carbocycles. The molecule has 0 radical (unpaired) electrons. The second kappa shape index (κ2) is 7.79. The molecule has 2 amide bonds. The summed E-state index contributed by atoms with van der Waals surface area (Å²) in [6.07, 6.45) is 0. The number of carbonyl (C=O) groups excluding carboxylic acids is 1. The van der Waals surface area contributed by atoms with Gasteiger partial charge < -0.3 is 10.6 Å². The lowest BCUT2D eigenvalue weighted by Gasteiger charge is -2.09. The van der Waals surface area contributed by atoms with E-state index in [9.17, 15) is 4.79 Å². The van der Waals surface area contributed by atoms with Crippen LogP contribution in [0.3, 0.4) is 0 Å². The summed E-state index contributed by atoms with van der Waals surface area (Å²) in [5, 5.41) is 5.69. The summed E-state index contributed by atoms with van der Waals surface area (Å²) < 4.78 is 1.02. The molecule has 0 aromatic heterocycles. The van der Waals surface area contributed by atoms with Gasteiger partial charge in [-0.1, -0.05) is 70.5 Å². The Morgan fingerprint density at radius 1 is 0.792 bits per heavy atom. The third-order valence-electron chi connectivity index (χ3n) is 3.62. The fraction of sp³-hybridized carbons (Fsp3) is 0.0500. The van der Waals surface area contributed by atoms with E-state index in [0.29, 0.717) is 6.54 Å². The Balaban J connectivity index is 1.55. The first-order valence-corrected chi connectivity index (χ1v) is 8.45. The standard InChI is InChI=1S/C20H17BrN2O/c21-18-10-6-15(7-11-18)14-22-20(24)23-19-12-8-17(9-13-19)16-4-2-1-3-5-16/h1-13H,14H2,(H2,22,23,24). The summed E-state index contributed by atoms with van der Waals surface area (Å²) in [5.41, 5.74) is 4.09. The second-order valence-corrected chi connectivity index (χ2v) is 6.29. The minimum absolute atomic E-state index is 0.217. The minimum atomic E-state index is -0.217. The van der Waals surface area contributed by atoms with Gasteiger partial charge in [0.2, 0.25) is 0 Å². The number of hydrogen-bond acceptors (Lipinski definition) is 1. The molecule has 3 rings (SSSR count). The number of rotatable bonds is 4. The maximum absolute atomic E-state index is 12.0. The maximum Gasteiger partial charge on any atom is 0.319 e. The average Bonchev–Trinajstić information content (AvgIpc) is 2.63. The molecule has 0 fully saturated rings. The number of hydrogen-bond donors (Lipinski definition) is 2. The molecule has 3 aromatic carbocycles. The number of anilines is 1. The summed E-state index contributed by atoms with van der Waals surface area (Å²) >= 11 is 3.39. The number of amides is 2. The molecule has 3 aromatic rings. The Hall–Kier alpha value is -2.59. The van der Waals surface area contributed by atoms with Crippen molar-refractivity contribution in [2.45, 2.75) is 6.54 Å². The van der Waals surface area contributed by atoms with Crippen LogP contribution in [0.1, 0.15) is 5.56 Å². The van der Waals surface area contributed by atoms with E-state index in [-0.39, 0.29) is 6.03 Å². The van der Waals surface area contributed by atoms with Crippen molar-refractivity contribution in [1.29, 1.82) is 0 Å². The third kappa shape index (κ3) is 4.46. The lowest BCUT2D eigenvalue weighted by molar-refractivity contribution is 0.251. The third-order valence-corrected chi connectivity index (χ3v) is 4.14. The van der Waals surface area contributed by atoms with Crippen molar-refractivity contribution < 1.29 is 4.79 Å². The average molecular weight is 381 g/mol. The van der Waals surface area contributed by atoms with E-state index >= 15 is 0 Å². The molecule has 120 valence electrons. The van der Waals surface area contributed by atoms with Crippen LogP contribution in [0, 0.1) is 0 Å². The number of benzene rings is 3. The number of urea groups is 1. The number of halogens is 1. The molecule has 0 atom stereocenters. The van der Waals surface area contributed by atoms with Gasteiger partial charge in [0.25, 0.3) is 0 Å². The van der Waals surface area contributed by atoms with Gasteiger partial charge in [0.05, 0.1) is 0 Å². The molecule has 0 saturated heterocycles. The van der Waals surface area contributed by atoms with E-state index in [2.05, 4.69) is 38.7 Å². The summed E-state index contributed by atoms with van der Waals surface area (Å²) in [4.78, 5) is 12.0. The van der Waals surface area contributed by atoms with Crippen LogP contribution in [0.2, 0.25) is 0 Å². The molecule has 0 unspecified atom stereocenters. The van der Waals surface area contributed by atoms with Crippen LogP contribution < -0.4 is 10.6 Å². The highest BCUT2D eigenvalue weighted by Crippen LogP contribution is 2.20. The zero-order chi connectivity index (χ0) is 16.8. The Kier molecular flexibility index (Phi) is 5.29. The second-order valence-electron chi connectivity index (χ2n) is 5.38. The Bertz CT molecular complexity index is 799. The lowest BCUT2D eigenvalue weighted by Crippen LogP contribution is -2.28. The topological polar surface area (TPSA) is 41.1 Å². The summed E-state index contributed by atoms with van der Waals surface area (Å²) in [6.45, 7) is 0.487. The Morgan fingerprint density at radius 3 is 2.08 bits per heavy atom. The van der Waals surface area contributed by atoms with E-state index in [1.807, 2.05) is 66.7 Å². The predicted molar refractivity (Wildman–Crippen MR) is 102 cm³/mol. The van der Waals surface area contributed by atoms with Crippen molar-refractivity contribution in [3.8, 4) is 11.1 Å². The largest absolute Gasteiger partial charge is 0.334 e. The van der Waals surface area contributed by atoms with Gasteiger partial charge in [0.1, 0.15) is 0 Å². The fourth-order valence-corrected chi connectivity index (χ4v) is 2.60. The van der Waals surface area contributed by atoms with Crippen molar-refractivity contribution >= 4 is 27.6 Å². The first kappa shape index (κ1) is 16.3. The molecular formula is C20H17BrN2O. The van der Waals surface area contributed by atoms with Crippen LogP contribution in [0.4, 0.5) is 10.5 Å². The smallest absolute Gasteiger partial charge is 0.319 e. The minimum Gasteiger partial charge on any atom is -0.334 e. The first-order chi connectivity index (χ1) is 11.7. The van der Waals surface area contributed by atoms with Crippen LogP contribution in [0.25, 0.3) is 11.1 Å². The molecule has 2 N–H and O–H groups in total. The molecule has 0 heterocycles. The van der Waals surface area contributed by atoms with Crippen molar-refractivity contribution in [2.24, 2.45) is 0 Å². The highest BCUT2D eigenvalue weighted by Gasteiger charge is 2.03. The Morgan fingerprint density at radius 2 is 1.42 bits per heavy atom. The fourth-order valence-electron chi connectivity index (χ4n) is 2.34. The molecule has 0 aliphatic heterocycles. The molecule has 0 spiro atoms. The van der Waals surface area contributed by atoms with Gasteiger partial charge in [-0.15, -0.1) is 0 Å². The van der Waals surface area contributed by atoms with Gasteiger partial charge in [0.15, 0.2) is 0 Å². The summed E-state index contributed by atoms with van der Waals surface area (Å²) in [5.74, 6) is 0. The van der Waals surface area contributed by atoms with Gasteiger partial charge in [-0.3, -0.25) is 0 Å². The lowest BCUT2D eigenvalue weighted by atomic mass is 10.1. The van der Waals surface area contributed by atoms with Crippen molar-refractivity contribution in [3.05, 3.63) is 88.9 Å². The molecule has 0 aliphatic carbocycles. The molecule has 3 nitrogen and oxygen atoms in total. The zero-order valence-corrected chi connectivity index (χ0v) is 14.6. The zero-order valence-electron chi connectivity index (χ0n) is 13.0. The summed E-state index contributed by atoms with van der Waals surface area (Å²) in [6, 6.07) is 25.6. The SMILES string of the molecule is O=C(NCc1ccc(Br)cc1)Nc1ccc(-c2ccccc2)cc1. The quantitative estimate of drug-likeness (QED) is 0.621. The van der Waals surface area contributed by atoms with Crippen molar-refractivity contribution in [1.82, 2.24) is 5.32 Å². The monoisotopic (exact) mass is 380 g/mol. The maximum atomic E-state index is 12.0. The van der Waals surface area contributed by atoms with E-state index in [1.54, 1.807) is 0 Å². The van der Waals surface area contributed by atoms with Crippen LogP contribution in [0.5, 0.6) is 0 Å². The first-order valence-electron chi connectivity index (χ1n) is 7.65. The van der Waals surface area contributed by atoms with E-state index < -0.39 is 0 Å². The highest BCUT2D eigenvalue weighted by molar-refractivity contribution is 9.10. The van der Waals surface area contributed by atoms with Crippen LogP contribution in [0.15, 0.2) is 83.3 Å². The van der Waals surface area contributed by atoms with E-state index in [1.165, 1.54) is 0 Å². The van der Waals surface area contributed by atoms with Crippen LogP contribution in [-0.4, -0.2) is 6.03 Å². The molecule has 0 bridgehead atoms. The van der Waals surface area contributed by atoms with Crippen molar-refractivity contribution in [2.75, 3.05) is 5.32 Å². The van der Waals surface area contributed by atoms with Crippen molar-refractivity contribution in [3.63, 3.8) is 0 Å². The summed E-state index contributed by atoms with van der Waals surface area (Å²) in [7, 11) is 0. The van der Waals surface area contributed by atoms with Gasteiger partial charge in [-0.05, 0) is 41.0 Å². The normalized spacial score (nSPS) is 10.2. The van der Waals surface area contributed by atoms with Crippen LogP contribution >= 0.6 is 15.9 Å². The van der Waals surface area contributed by atoms with Gasteiger partial charge >= 0.3 is 6.03 Å². The highest BCUT2D eigenvalue weighted by atomic mass is 79.9. The van der Waals surface area contributed by atoms with Crippen LogP contribution in [-0.2, 0) is 6.54 Å². The number of carbonyl (C=O) groups is 1. The molecule has 24 heavy (non-hydrogen) atoms. The Labute approximate surface area is 149 Å². The molecular weight excluding hydrogens is 364 g/mol. The van der Waals surface area contributed by atoms with Gasteiger partial charge in [0, 0.05) is 16.7 Å². The van der Waals surface area contributed by atoms with Gasteiger partial charge in [-0.2, -0.15) is 0 Å². The number of nitrogens with one attached hydrogen (secondary N) is 2.